The van der Waals surface area contributed by atoms with Gasteiger partial charge in [-0.05, 0) is 154 Å². The Hall–Kier alpha value is -0.710. The molecule has 0 bridgehead atoms. The number of rotatable bonds is 8. The highest BCUT2D eigenvalue weighted by atomic mass is 35.5. The summed E-state index contributed by atoms with van der Waals surface area (Å²) in [6.07, 6.45) is 18.8. The number of hydrogen-bond acceptors (Lipinski definition) is 3. The number of hydrogen-bond donors (Lipinski definition) is 2. The third-order valence-electron chi connectivity index (χ3n) is 11.5. The van der Waals surface area contributed by atoms with Crippen molar-refractivity contribution < 1.29 is 4.79 Å². The van der Waals surface area contributed by atoms with E-state index in [1.54, 1.807) is 50.7 Å². The summed E-state index contributed by atoms with van der Waals surface area (Å²) in [7, 11) is 2.11. The Morgan fingerprint density at radius 3 is 2.46 bits per heavy atom. The van der Waals surface area contributed by atoms with Crippen LogP contribution in [0.3, 0.4) is 0 Å². The number of carbonyl (C=O) groups excluding carboxylic acids is 1. The minimum absolute atomic E-state index is 0.638. The third-order valence-corrected chi connectivity index (χ3v) is 12.5. The molecule has 208 valence electrons. The van der Waals surface area contributed by atoms with Gasteiger partial charge in [0.15, 0.2) is 0 Å². The molecule has 5 rings (SSSR count). The van der Waals surface area contributed by atoms with Gasteiger partial charge in [0.1, 0.15) is 0 Å². The van der Waals surface area contributed by atoms with E-state index in [9.17, 15) is 4.79 Å². The second kappa shape index (κ2) is 13.1. The van der Waals surface area contributed by atoms with Crippen LogP contribution in [0.2, 0.25) is 5.02 Å². The minimum atomic E-state index is 0.638. The van der Waals surface area contributed by atoms with Gasteiger partial charge in [0.05, 0.1) is 0 Å². The van der Waals surface area contributed by atoms with Gasteiger partial charge in [-0.15, -0.1) is 0 Å². The van der Waals surface area contributed by atoms with Gasteiger partial charge in [0.25, 0.3) is 0 Å². The zero-order chi connectivity index (χ0) is 26.5. The maximum Gasteiger partial charge on any atom is 0.217 e. The van der Waals surface area contributed by atoms with Crippen LogP contribution < -0.4 is 10.0 Å². The van der Waals surface area contributed by atoms with E-state index in [2.05, 4.69) is 37.9 Å². The highest BCUT2D eigenvalue weighted by molar-refractivity contribution is 7.97. The van der Waals surface area contributed by atoms with Crippen molar-refractivity contribution in [3.8, 4) is 0 Å². The summed E-state index contributed by atoms with van der Waals surface area (Å²) in [5.41, 5.74) is 1.36. The molecule has 1 amide bonds. The predicted octanol–water partition coefficient (Wildman–Crippen LogP) is 8.76. The molecule has 2 N–H and O–H groups in total. The van der Waals surface area contributed by atoms with Gasteiger partial charge in [0.2, 0.25) is 6.41 Å². The van der Waals surface area contributed by atoms with E-state index in [1.807, 2.05) is 12.1 Å². The van der Waals surface area contributed by atoms with E-state index < -0.39 is 0 Å². The molecule has 1 aromatic rings. The average molecular weight is 547 g/mol. The normalized spacial score (nSPS) is 38.4. The lowest BCUT2D eigenvalue weighted by atomic mass is 9.42. The van der Waals surface area contributed by atoms with Crippen molar-refractivity contribution in [1.29, 1.82) is 0 Å². The topological polar surface area (TPSA) is 41.1 Å². The second-order valence-corrected chi connectivity index (χ2v) is 14.3. The van der Waals surface area contributed by atoms with Crippen LogP contribution in [0, 0.1) is 46.3 Å². The molecule has 0 aromatic heterocycles. The van der Waals surface area contributed by atoms with Gasteiger partial charge in [0, 0.05) is 9.92 Å². The molecule has 0 spiro atoms. The Kier molecular flexibility index (Phi) is 10.4. The average Bonchev–Trinajstić information content (AvgIpc) is 3.24. The Labute approximate surface area is 236 Å². The van der Waals surface area contributed by atoms with Gasteiger partial charge < -0.3 is 5.32 Å². The predicted molar refractivity (Wildman–Crippen MR) is 159 cm³/mol. The first-order chi connectivity index (χ1) is 17.9. The van der Waals surface area contributed by atoms with E-state index in [0.717, 1.165) is 40.4 Å². The van der Waals surface area contributed by atoms with Crippen molar-refractivity contribution in [1.82, 2.24) is 10.0 Å². The van der Waals surface area contributed by atoms with Gasteiger partial charge in [-0.1, -0.05) is 51.6 Å². The molecule has 0 radical (unpaired) electrons. The first-order valence-corrected chi connectivity index (χ1v) is 16.3. The van der Waals surface area contributed by atoms with Crippen molar-refractivity contribution >= 4 is 30.0 Å². The smallest absolute Gasteiger partial charge is 0.217 e. The zero-order valence-corrected chi connectivity index (χ0v) is 25.3. The molecule has 37 heavy (non-hydrogen) atoms. The largest absolute Gasteiger partial charge is 0.320 e. The van der Waals surface area contributed by atoms with E-state index in [1.165, 1.54) is 57.0 Å². The lowest BCUT2D eigenvalue weighted by Crippen LogP contribution is -2.55. The molecule has 4 aliphatic rings. The highest BCUT2D eigenvalue weighted by Crippen LogP contribution is 2.69. The fourth-order valence-corrected chi connectivity index (χ4v) is 10.3. The molecule has 4 saturated carbocycles. The molecular formula is C32H51ClN2OS. The van der Waals surface area contributed by atoms with Crippen LogP contribution in [0.15, 0.2) is 29.2 Å². The van der Waals surface area contributed by atoms with Crippen molar-refractivity contribution in [3.05, 3.63) is 29.3 Å². The molecule has 4 fully saturated rings. The lowest BCUT2D eigenvalue weighted by molar-refractivity contribution is -0.135. The number of amides is 1. The summed E-state index contributed by atoms with van der Waals surface area (Å²) in [5.74, 6) is 6.28. The summed E-state index contributed by atoms with van der Waals surface area (Å²) in [4.78, 5) is 10.8. The van der Waals surface area contributed by atoms with Crippen molar-refractivity contribution in [2.45, 2.75) is 103 Å². The van der Waals surface area contributed by atoms with Crippen LogP contribution in [-0.4, -0.2) is 20.0 Å². The standard InChI is InChI=1S/C25H45N.C7H6ClNOS/c1-5-18-17-20-22-12-11-19(9-8-16-26-4)24(22,2)15-13-23(20)25(3)14-7-6-10-21(18)25;8-6-1-3-7(4-2-6)11-9-5-10/h18-23,26H,5-17H2,1-4H3;1-5H,(H,9,10)/t18-,19?,20?,21?,22?,23-,24?,25?;/m0./s1. The summed E-state index contributed by atoms with van der Waals surface area (Å²) in [6.45, 7) is 9.18. The van der Waals surface area contributed by atoms with Crippen LogP contribution in [0.5, 0.6) is 0 Å². The van der Waals surface area contributed by atoms with Gasteiger partial charge in [-0.25, -0.2) is 0 Å². The maximum atomic E-state index is 9.89. The second-order valence-electron chi connectivity index (χ2n) is 13.0. The zero-order valence-electron chi connectivity index (χ0n) is 23.7. The van der Waals surface area contributed by atoms with Crippen LogP contribution in [0.4, 0.5) is 0 Å². The minimum Gasteiger partial charge on any atom is -0.320 e. The number of benzene rings is 1. The molecule has 0 heterocycles. The molecule has 3 nitrogen and oxygen atoms in total. The van der Waals surface area contributed by atoms with Crippen LogP contribution in [0.25, 0.3) is 0 Å². The fourth-order valence-electron chi connectivity index (χ4n) is 9.72. The van der Waals surface area contributed by atoms with Crippen LogP contribution in [-0.2, 0) is 4.79 Å². The first-order valence-electron chi connectivity index (χ1n) is 15.1. The van der Waals surface area contributed by atoms with Gasteiger partial charge in [-0.3, -0.25) is 9.52 Å². The molecular weight excluding hydrogens is 496 g/mol. The summed E-state index contributed by atoms with van der Waals surface area (Å²) < 4.78 is 2.48. The summed E-state index contributed by atoms with van der Waals surface area (Å²) in [5, 5.41) is 4.07. The molecule has 0 aliphatic heterocycles. The van der Waals surface area contributed by atoms with Gasteiger partial charge in [-0.2, -0.15) is 0 Å². The Bertz CT molecular complexity index is 865. The third kappa shape index (κ3) is 6.22. The van der Waals surface area contributed by atoms with Crippen LogP contribution >= 0.6 is 23.5 Å². The quantitative estimate of drug-likeness (QED) is 0.194. The van der Waals surface area contributed by atoms with E-state index in [4.69, 9.17) is 11.6 Å². The Morgan fingerprint density at radius 1 is 1.00 bits per heavy atom. The molecule has 5 heteroatoms. The van der Waals surface area contributed by atoms with Crippen LogP contribution in [0.1, 0.15) is 97.8 Å². The first kappa shape index (κ1) is 29.3. The fraction of sp³-hybridized carbons (Fsp3) is 0.781. The monoisotopic (exact) mass is 546 g/mol. The Morgan fingerprint density at radius 2 is 1.76 bits per heavy atom. The van der Waals surface area contributed by atoms with Crippen molar-refractivity contribution in [2.24, 2.45) is 46.3 Å². The number of nitrogens with one attached hydrogen (secondary N) is 2. The van der Waals surface area contributed by atoms with E-state index in [0.29, 0.717) is 22.3 Å². The maximum absolute atomic E-state index is 9.89. The molecule has 1 aromatic carbocycles. The highest BCUT2D eigenvalue weighted by Gasteiger charge is 2.60. The molecule has 4 aliphatic carbocycles. The number of carbonyl (C=O) groups is 1. The van der Waals surface area contributed by atoms with Gasteiger partial charge >= 0.3 is 0 Å². The molecule has 6 unspecified atom stereocenters. The summed E-state index contributed by atoms with van der Waals surface area (Å²) in [6, 6.07) is 7.22. The SMILES string of the molecule is CC[C@H]1CC2C3CCC(CCCNC)C3(C)CC[C@@H]2C2(C)CCCCC12.O=CNSc1ccc(Cl)cc1. The molecule has 8 atom stereocenters. The Balaban J connectivity index is 0.000000245. The lowest BCUT2D eigenvalue weighted by Gasteiger charge is -2.62. The molecule has 0 saturated heterocycles. The van der Waals surface area contributed by atoms with Crippen molar-refractivity contribution in [2.75, 3.05) is 13.6 Å². The number of fused-ring (bicyclic) bond motifs is 5. The van der Waals surface area contributed by atoms with E-state index >= 15 is 0 Å². The van der Waals surface area contributed by atoms with E-state index in [-0.39, 0.29) is 0 Å². The summed E-state index contributed by atoms with van der Waals surface area (Å²) >= 11 is 6.90. The number of halogens is 1. The van der Waals surface area contributed by atoms with Crippen molar-refractivity contribution in [3.63, 3.8) is 0 Å².